The zero-order valence-corrected chi connectivity index (χ0v) is 15.1. The molecule has 0 aliphatic rings. The maximum absolute atomic E-state index is 10.9. The van der Waals surface area contributed by atoms with E-state index in [4.69, 9.17) is 5.26 Å². The third-order valence-electron chi connectivity index (χ3n) is 4.06. The summed E-state index contributed by atoms with van der Waals surface area (Å²) in [4.78, 5) is 15.5. The van der Waals surface area contributed by atoms with Gasteiger partial charge < -0.3 is 4.74 Å². The first kappa shape index (κ1) is 22.1. The van der Waals surface area contributed by atoms with Crippen LogP contribution in [0.15, 0.2) is 12.2 Å². The monoisotopic (exact) mass is 328 g/mol. The standard InChI is InChI=1S/C19H36O4/c1-3-4-5-6-9-12-15-18(23-21)16-13-10-7-8-11-14-17-19(20)22-2/h13,16,18,21H,3-12,14-15,17H2,1-2H3. The van der Waals surface area contributed by atoms with Crippen LogP contribution in [0.3, 0.4) is 0 Å². The van der Waals surface area contributed by atoms with E-state index in [1.54, 1.807) is 0 Å². The second-order valence-electron chi connectivity index (χ2n) is 6.16. The first-order valence-corrected chi connectivity index (χ1v) is 9.28. The molecule has 0 saturated carbocycles. The molecule has 1 N–H and O–H groups in total. The van der Waals surface area contributed by atoms with E-state index in [1.165, 1.54) is 39.2 Å². The van der Waals surface area contributed by atoms with Crippen molar-refractivity contribution in [2.24, 2.45) is 0 Å². The molecule has 0 aliphatic heterocycles. The van der Waals surface area contributed by atoms with Gasteiger partial charge >= 0.3 is 5.97 Å². The van der Waals surface area contributed by atoms with Crippen molar-refractivity contribution in [2.45, 2.75) is 96.5 Å². The lowest BCUT2D eigenvalue weighted by molar-refractivity contribution is -0.267. The Morgan fingerprint density at radius 3 is 2.35 bits per heavy atom. The summed E-state index contributed by atoms with van der Waals surface area (Å²) >= 11 is 0. The van der Waals surface area contributed by atoms with Gasteiger partial charge in [0.1, 0.15) is 6.10 Å². The van der Waals surface area contributed by atoms with E-state index >= 15 is 0 Å². The minimum atomic E-state index is -0.166. The van der Waals surface area contributed by atoms with Gasteiger partial charge in [0.25, 0.3) is 0 Å². The van der Waals surface area contributed by atoms with Crippen molar-refractivity contribution in [2.75, 3.05) is 7.11 Å². The van der Waals surface area contributed by atoms with Crippen molar-refractivity contribution in [3.63, 3.8) is 0 Å². The number of rotatable bonds is 16. The van der Waals surface area contributed by atoms with E-state index in [0.717, 1.165) is 44.9 Å². The molecule has 0 bridgehead atoms. The molecule has 0 amide bonds. The number of carbonyl (C=O) groups is 1. The Hall–Kier alpha value is -0.870. The Balaban J connectivity index is 3.49. The van der Waals surface area contributed by atoms with Gasteiger partial charge in [-0.25, -0.2) is 4.89 Å². The molecule has 4 heteroatoms. The van der Waals surface area contributed by atoms with Crippen LogP contribution in [0.1, 0.15) is 90.4 Å². The lowest BCUT2D eigenvalue weighted by atomic mass is 10.1. The fourth-order valence-corrected chi connectivity index (χ4v) is 2.55. The molecule has 23 heavy (non-hydrogen) atoms. The Bertz CT molecular complexity index is 289. The summed E-state index contributed by atoms with van der Waals surface area (Å²) in [5.74, 6) is -0.123. The van der Waals surface area contributed by atoms with Crippen LogP contribution in [0, 0.1) is 0 Å². The number of ether oxygens (including phenoxy) is 1. The van der Waals surface area contributed by atoms with Gasteiger partial charge in [-0.15, -0.1) is 0 Å². The average Bonchev–Trinajstić information content (AvgIpc) is 2.57. The van der Waals surface area contributed by atoms with E-state index < -0.39 is 0 Å². The van der Waals surface area contributed by atoms with Gasteiger partial charge in [-0.05, 0) is 25.7 Å². The number of methoxy groups -OCH3 is 1. The molecule has 0 heterocycles. The molecule has 0 aromatic heterocycles. The van der Waals surface area contributed by atoms with Gasteiger partial charge in [0.05, 0.1) is 7.11 Å². The number of esters is 1. The highest BCUT2D eigenvalue weighted by Crippen LogP contribution is 2.12. The van der Waals surface area contributed by atoms with Gasteiger partial charge in [0.15, 0.2) is 0 Å². The third-order valence-corrected chi connectivity index (χ3v) is 4.06. The Morgan fingerprint density at radius 1 is 1.00 bits per heavy atom. The van der Waals surface area contributed by atoms with Crippen LogP contribution in [-0.2, 0) is 14.4 Å². The molecule has 0 aromatic rings. The summed E-state index contributed by atoms with van der Waals surface area (Å²) in [5, 5.41) is 8.92. The highest BCUT2D eigenvalue weighted by Gasteiger charge is 2.04. The molecule has 4 nitrogen and oxygen atoms in total. The molecule has 0 saturated heterocycles. The largest absolute Gasteiger partial charge is 0.469 e. The Labute approximate surface area is 142 Å². The van der Waals surface area contributed by atoms with Crippen molar-refractivity contribution >= 4 is 5.97 Å². The first-order chi connectivity index (χ1) is 11.2. The van der Waals surface area contributed by atoms with Crippen LogP contribution in [-0.4, -0.2) is 24.4 Å². The van der Waals surface area contributed by atoms with Crippen LogP contribution in [0.25, 0.3) is 0 Å². The highest BCUT2D eigenvalue weighted by atomic mass is 17.1. The molecule has 0 radical (unpaired) electrons. The molecule has 0 aliphatic carbocycles. The summed E-state index contributed by atoms with van der Waals surface area (Å²) in [7, 11) is 1.43. The highest BCUT2D eigenvalue weighted by molar-refractivity contribution is 5.68. The van der Waals surface area contributed by atoms with Crippen molar-refractivity contribution in [3.8, 4) is 0 Å². The van der Waals surface area contributed by atoms with E-state index in [9.17, 15) is 4.79 Å². The molecule has 136 valence electrons. The number of allylic oxidation sites excluding steroid dienone is 1. The quantitative estimate of drug-likeness (QED) is 0.130. The summed E-state index contributed by atoms with van der Waals surface area (Å²) < 4.78 is 4.61. The maximum Gasteiger partial charge on any atom is 0.305 e. The predicted octanol–water partition coefficient (Wildman–Crippen LogP) is 5.67. The average molecular weight is 328 g/mol. The maximum atomic E-state index is 10.9. The molecule has 0 aromatic carbocycles. The third kappa shape index (κ3) is 15.8. The molecular weight excluding hydrogens is 292 g/mol. The number of carbonyl (C=O) groups excluding carboxylic acids is 1. The summed E-state index contributed by atoms with van der Waals surface area (Å²) in [6.07, 6.45) is 18.0. The lowest BCUT2D eigenvalue weighted by Gasteiger charge is -2.08. The molecule has 0 rings (SSSR count). The number of hydrogen-bond acceptors (Lipinski definition) is 4. The van der Waals surface area contributed by atoms with Gasteiger partial charge in [-0.2, -0.15) is 0 Å². The van der Waals surface area contributed by atoms with Gasteiger partial charge in [0.2, 0.25) is 0 Å². The Morgan fingerprint density at radius 2 is 1.65 bits per heavy atom. The van der Waals surface area contributed by atoms with Crippen LogP contribution in [0.2, 0.25) is 0 Å². The van der Waals surface area contributed by atoms with Crippen LogP contribution in [0.5, 0.6) is 0 Å². The normalized spacial score (nSPS) is 12.7. The van der Waals surface area contributed by atoms with Crippen LogP contribution < -0.4 is 0 Å². The number of unbranched alkanes of at least 4 members (excludes halogenated alkanes) is 9. The van der Waals surface area contributed by atoms with E-state index in [1.807, 2.05) is 6.08 Å². The van der Waals surface area contributed by atoms with E-state index in [0.29, 0.717) is 6.42 Å². The molecular formula is C19H36O4. The predicted molar refractivity (Wildman–Crippen MR) is 94.4 cm³/mol. The minimum absolute atomic E-state index is 0.123. The molecule has 1 atom stereocenters. The zero-order chi connectivity index (χ0) is 17.2. The van der Waals surface area contributed by atoms with Crippen LogP contribution in [0.4, 0.5) is 0 Å². The lowest BCUT2D eigenvalue weighted by Crippen LogP contribution is -2.06. The minimum Gasteiger partial charge on any atom is -0.469 e. The van der Waals surface area contributed by atoms with E-state index in [-0.39, 0.29) is 12.1 Å². The van der Waals surface area contributed by atoms with Gasteiger partial charge in [0, 0.05) is 6.42 Å². The fourth-order valence-electron chi connectivity index (χ4n) is 2.55. The molecule has 0 spiro atoms. The SMILES string of the molecule is CCCCCCCCC(C=CCCCCCCC(=O)OC)OO. The van der Waals surface area contributed by atoms with Crippen molar-refractivity contribution in [1.29, 1.82) is 0 Å². The summed E-state index contributed by atoms with van der Waals surface area (Å²) in [5.41, 5.74) is 0. The number of hydrogen-bond donors (Lipinski definition) is 1. The smallest absolute Gasteiger partial charge is 0.305 e. The van der Waals surface area contributed by atoms with Crippen molar-refractivity contribution < 1.29 is 19.7 Å². The first-order valence-electron chi connectivity index (χ1n) is 9.28. The fraction of sp³-hybridized carbons (Fsp3) is 0.842. The zero-order valence-electron chi connectivity index (χ0n) is 15.1. The summed E-state index contributed by atoms with van der Waals surface area (Å²) in [6, 6.07) is 0. The van der Waals surface area contributed by atoms with Gasteiger partial charge in [-0.1, -0.05) is 70.4 Å². The second-order valence-corrected chi connectivity index (χ2v) is 6.16. The second kappa shape index (κ2) is 17.5. The Kier molecular flexibility index (Phi) is 16.8. The van der Waals surface area contributed by atoms with Gasteiger partial charge in [-0.3, -0.25) is 10.1 Å². The van der Waals surface area contributed by atoms with Crippen molar-refractivity contribution in [1.82, 2.24) is 0 Å². The molecule has 1 unspecified atom stereocenters. The topological polar surface area (TPSA) is 55.8 Å². The molecule has 0 fully saturated rings. The van der Waals surface area contributed by atoms with Crippen molar-refractivity contribution in [3.05, 3.63) is 12.2 Å². The van der Waals surface area contributed by atoms with E-state index in [2.05, 4.69) is 22.6 Å². The summed E-state index contributed by atoms with van der Waals surface area (Å²) in [6.45, 7) is 2.22. The van der Waals surface area contributed by atoms with Crippen LogP contribution >= 0.6 is 0 Å².